The summed E-state index contributed by atoms with van der Waals surface area (Å²) in [6.07, 6.45) is 9.46. The van der Waals surface area contributed by atoms with Crippen molar-refractivity contribution < 1.29 is 26.1 Å². The molecule has 5 heteroatoms. The third kappa shape index (κ3) is 9.40. The van der Waals surface area contributed by atoms with Crippen LogP contribution in [0, 0.1) is 0 Å². The molecule has 2 aromatic rings. The van der Waals surface area contributed by atoms with Gasteiger partial charge < -0.3 is 9.59 Å². The summed E-state index contributed by atoms with van der Waals surface area (Å²) in [6.45, 7) is 4.21. The van der Waals surface area contributed by atoms with E-state index in [2.05, 4.69) is 19.1 Å². The third-order valence-electron chi connectivity index (χ3n) is 5.25. The minimum Gasteiger partial charge on any atom is -0.303 e. The van der Waals surface area contributed by atoms with Crippen molar-refractivity contribution in [3.63, 3.8) is 0 Å². The Morgan fingerprint density at radius 1 is 0.781 bits per heavy atom. The number of rotatable bonds is 14. The van der Waals surface area contributed by atoms with Crippen molar-refractivity contribution in [2.24, 2.45) is 9.98 Å². The van der Waals surface area contributed by atoms with Crippen LogP contribution in [0.15, 0.2) is 58.5 Å². The molecule has 0 bridgehead atoms. The summed E-state index contributed by atoms with van der Waals surface area (Å²) >= 11 is 0. The molecular weight excluding hydrogens is 443 g/mol. The summed E-state index contributed by atoms with van der Waals surface area (Å²) in [5.74, 6) is 0. The van der Waals surface area contributed by atoms with Crippen molar-refractivity contribution in [2.75, 3.05) is 0 Å². The molecule has 174 valence electrons. The first kappa shape index (κ1) is 27.6. The Labute approximate surface area is 202 Å². The van der Waals surface area contributed by atoms with Gasteiger partial charge in [-0.15, -0.1) is 0 Å². The van der Waals surface area contributed by atoms with E-state index in [1.165, 1.54) is 5.56 Å². The quantitative estimate of drug-likeness (QED) is 0.130. The zero-order valence-electron chi connectivity index (χ0n) is 19.2. The molecule has 0 N–H and O–H groups in total. The zero-order valence-corrected chi connectivity index (χ0v) is 20.2. The maximum atomic E-state index is 10.7. The van der Waals surface area contributed by atoms with Crippen LogP contribution in [-0.2, 0) is 38.9 Å². The number of unbranched alkanes of at least 4 members (excludes halogenated alkanes) is 3. The van der Waals surface area contributed by atoms with E-state index in [9.17, 15) is 9.59 Å². The van der Waals surface area contributed by atoms with Crippen LogP contribution in [-0.4, -0.2) is 24.0 Å². The molecule has 0 fully saturated rings. The van der Waals surface area contributed by atoms with Gasteiger partial charge in [-0.2, -0.15) is 0 Å². The summed E-state index contributed by atoms with van der Waals surface area (Å²) in [6, 6.07) is 16.3. The van der Waals surface area contributed by atoms with E-state index < -0.39 is 0 Å². The molecule has 0 amide bonds. The van der Waals surface area contributed by atoms with Gasteiger partial charge in [-0.25, -0.2) is 0 Å². The third-order valence-corrected chi connectivity index (χ3v) is 5.25. The van der Waals surface area contributed by atoms with Gasteiger partial charge in [-0.05, 0) is 68.7 Å². The van der Waals surface area contributed by atoms with Crippen LogP contribution >= 0.6 is 0 Å². The molecule has 2 rings (SSSR count). The molecule has 2 aromatic carbocycles. The van der Waals surface area contributed by atoms with E-state index in [-0.39, 0.29) is 16.5 Å². The number of nitrogens with zero attached hydrogens (tertiary/aromatic N) is 2. The first-order valence-electron chi connectivity index (χ1n) is 11.4. The Morgan fingerprint density at radius 3 is 1.78 bits per heavy atom. The molecule has 4 nitrogen and oxygen atoms in total. The summed E-state index contributed by atoms with van der Waals surface area (Å²) in [5, 5.41) is 0. The van der Waals surface area contributed by atoms with Crippen LogP contribution in [0.25, 0.3) is 0 Å². The second-order valence-electron chi connectivity index (χ2n) is 7.73. The van der Waals surface area contributed by atoms with Gasteiger partial charge in [0.05, 0.1) is 22.8 Å². The monoisotopic (exact) mass is 476 g/mol. The Morgan fingerprint density at radius 2 is 1.28 bits per heavy atom. The van der Waals surface area contributed by atoms with Crippen LogP contribution in [0.1, 0.15) is 69.9 Å². The fourth-order valence-electron chi connectivity index (χ4n) is 3.47. The van der Waals surface area contributed by atoms with Gasteiger partial charge in [0.1, 0.15) is 12.6 Å². The van der Waals surface area contributed by atoms with Crippen LogP contribution in [0.2, 0.25) is 0 Å². The Bertz CT molecular complexity index is 906. The maximum absolute atomic E-state index is 10.7. The van der Waals surface area contributed by atoms with E-state index in [4.69, 9.17) is 9.98 Å². The van der Waals surface area contributed by atoms with Crippen molar-refractivity contribution in [2.45, 2.75) is 71.6 Å². The number of hydrogen-bond donors (Lipinski definition) is 0. The van der Waals surface area contributed by atoms with Crippen molar-refractivity contribution in [1.29, 1.82) is 0 Å². The number of aldehydes is 2. The summed E-state index contributed by atoms with van der Waals surface area (Å²) in [7, 11) is 0. The Balaban J connectivity index is 0.00000512. The van der Waals surface area contributed by atoms with Crippen LogP contribution in [0.5, 0.6) is 0 Å². The topological polar surface area (TPSA) is 58.9 Å². The number of carbonyl (C=O) groups is 2. The van der Waals surface area contributed by atoms with Gasteiger partial charge in [0.15, 0.2) is 0 Å². The predicted molar refractivity (Wildman–Crippen MR) is 130 cm³/mol. The maximum Gasteiger partial charge on any atom is 0.120 e. The van der Waals surface area contributed by atoms with Crippen molar-refractivity contribution >= 4 is 35.4 Å². The van der Waals surface area contributed by atoms with E-state index in [1.54, 1.807) is 0 Å². The molecule has 0 radical (unpaired) electrons. The second-order valence-corrected chi connectivity index (χ2v) is 7.73. The summed E-state index contributed by atoms with van der Waals surface area (Å²) < 4.78 is 0. The van der Waals surface area contributed by atoms with Crippen LogP contribution < -0.4 is 0 Å². The first-order chi connectivity index (χ1) is 15.2. The van der Waals surface area contributed by atoms with Gasteiger partial charge in [0.2, 0.25) is 0 Å². The minimum atomic E-state index is 0. The van der Waals surface area contributed by atoms with E-state index in [0.29, 0.717) is 12.8 Å². The molecule has 0 heterocycles. The number of carbonyl (C=O) groups excluding carboxylic acids is 2. The van der Waals surface area contributed by atoms with Crippen molar-refractivity contribution in [3.05, 3.63) is 59.7 Å². The number of hydrogen-bond acceptors (Lipinski definition) is 4. The smallest absolute Gasteiger partial charge is 0.120 e. The number of para-hydroxylation sites is 2. The molecule has 0 aromatic heterocycles. The number of aliphatic imine (C=N–C) groups is 2. The van der Waals surface area contributed by atoms with E-state index in [0.717, 1.165) is 85.9 Å². The zero-order chi connectivity index (χ0) is 22.3. The molecule has 0 aliphatic rings. The van der Waals surface area contributed by atoms with Gasteiger partial charge >= 0.3 is 0 Å². The number of aryl methyl sites for hydroxylation is 2. The van der Waals surface area contributed by atoms with E-state index in [1.807, 2.05) is 43.3 Å². The van der Waals surface area contributed by atoms with Crippen molar-refractivity contribution in [3.8, 4) is 0 Å². The fraction of sp³-hybridized carbons (Fsp3) is 0.407. The average Bonchev–Trinajstić information content (AvgIpc) is 2.79. The SMILES string of the molecule is CCCCC(=Nc1ccccc1CCCC=O)C(C)=Nc1ccccc1CCCC=O.[Ni]. The normalized spacial score (nSPS) is 11.7. The largest absolute Gasteiger partial charge is 0.303 e. The second kappa shape index (κ2) is 16.3. The molecule has 32 heavy (non-hydrogen) atoms. The Kier molecular flexibility index (Phi) is 14.1. The van der Waals surface area contributed by atoms with Gasteiger partial charge in [0, 0.05) is 29.3 Å². The summed E-state index contributed by atoms with van der Waals surface area (Å²) in [4.78, 5) is 31.3. The standard InChI is InChI=1S/C27H34N2O2.Ni/c1-3-4-17-25(29-27-19-8-6-14-24(27)16-10-12-21-31)22(2)28-26-18-7-5-13-23(26)15-9-11-20-30;/h5-8,13-14,18-21H,3-4,9-12,15-17H2,1-2H3;. The molecule has 0 atom stereocenters. The number of benzene rings is 2. The van der Waals surface area contributed by atoms with Gasteiger partial charge in [0.25, 0.3) is 0 Å². The molecule has 0 saturated carbocycles. The van der Waals surface area contributed by atoms with Crippen LogP contribution in [0.3, 0.4) is 0 Å². The average molecular weight is 477 g/mol. The van der Waals surface area contributed by atoms with Crippen molar-refractivity contribution in [1.82, 2.24) is 0 Å². The van der Waals surface area contributed by atoms with Gasteiger partial charge in [-0.1, -0.05) is 49.7 Å². The molecule has 0 saturated heterocycles. The minimum absolute atomic E-state index is 0. The predicted octanol–water partition coefficient (Wildman–Crippen LogP) is 6.78. The molecule has 0 aliphatic carbocycles. The summed E-state index contributed by atoms with van der Waals surface area (Å²) in [5.41, 5.74) is 6.18. The molecule has 0 spiro atoms. The van der Waals surface area contributed by atoms with Crippen LogP contribution in [0.4, 0.5) is 11.4 Å². The Hall–Kier alpha value is -2.39. The van der Waals surface area contributed by atoms with E-state index >= 15 is 0 Å². The van der Waals surface area contributed by atoms with Gasteiger partial charge in [-0.3, -0.25) is 9.98 Å². The fourth-order valence-corrected chi connectivity index (χ4v) is 3.47. The molecule has 0 aliphatic heterocycles. The first-order valence-corrected chi connectivity index (χ1v) is 11.4. The molecule has 0 unspecified atom stereocenters. The molecular formula is C27H34N2NiO2.